The van der Waals surface area contributed by atoms with Crippen LogP contribution in [0, 0.1) is 23.7 Å². The maximum absolute atomic E-state index is 13.4. The van der Waals surface area contributed by atoms with E-state index in [-0.39, 0.29) is 42.4 Å². The number of rotatable bonds is 5. The first kappa shape index (κ1) is 24.1. The van der Waals surface area contributed by atoms with Gasteiger partial charge in [0.1, 0.15) is 11.7 Å². The fourth-order valence-corrected chi connectivity index (χ4v) is 4.30. The maximum atomic E-state index is 13.4. The Kier molecular flexibility index (Phi) is 8.14. The number of carbonyl (C=O) groups is 2. The molecule has 7 nitrogen and oxygen atoms in total. The monoisotopic (exact) mass is 441 g/mol. The molecule has 0 aromatic carbocycles. The minimum Gasteiger partial charge on any atom is -0.472 e. The fourth-order valence-electron chi connectivity index (χ4n) is 4.30. The molecule has 3 rings (SSSR count). The molecule has 1 N–H and O–H groups in total. The number of pyridine rings is 1. The normalized spacial score (nSPS) is 22.2. The summed E-state index contributed by atoms with van der Waals surface area (Å²) >= 11 is 0. The molecule has 1 aromatic rings. The Morgan fingerprint density at radius 2 is 2.12 bits per heavy atom. The van der Waals surface area contributed by atoms with Crippen molar-refractivity contribution in [2.45, 2.75) is 65.0 Å². The number of fused-ring (bicyclic) bond motifs is 1. The van der Waals surface area contributed by atoms with E-state index in [2.05, 4.69) is 16.8 Å². The SMILES string of the molecule is CC(=O)N(C)C[C@H]1Oc2ncc(C#CCC3CCCC3)cc2C(=O)N([C@H](C)CO)C[C@@H]1C. The lowest BCUT2D eigenvalue weighted by Crippen LogP contribution is -2.50. The second-order valence-electron chi connectivity index (χ2n) is 9.26. The predicted octanol–water partition coefficient (Wildman–Crippen LogP) is 2.71. The third kappa shape index (κ3) is 5.80. The molecule has 0 saturated heterocycles. The van der Waals surface area contributed by atoms with Gasteiger partial charge < -0.3 is 19.6 Å². The zero-order chi connectivity index (χ0) is 23.3. The number of hydrogen-bond donors (Lipinski definition) is 1. The van der Waals surface area contributed by atoms with Gasteiger partial charge in [0, 0.05) is 44.6 Å². The molecule has 2 aliphatic rings. The van der Waals surface area contributed by atoms with Crippen molar-refractivity contribution in [2.75, 3.05) is 26.7 Å². The molecule has 7 heteroatoms. The molecule has 1 aliphatic carbocycles. The van der Waals surface area contributed by atoms with Crippen molar-refractivity contribution in [1.82, 2.24) is 14.8 Å². The summed E-state index contributed by atoms with van der Waals surface area (Å²) in [6.45, 7) is 5.98. The van der Waals surface area contributed by atoms with Crippen molar-refractivity contribution >= 4 is 11.8 Å². The van der Waals surface area contributed by atoms with E-state index in [1.165, 1.54) is 32.6 Å². The van der Waals surface area contributed by atoms with Crippen molar-refractivity contribution in [2.24, 2.45) is 11.8 Å². The molecule has 2 heterocycles. The number of carbonyl (C=O) groups excluding carboxylic acids is 2. The third-order valence-corrected chi connectivity index (χ3v) is 6.61. The van der Waals surface area contributed by atoms with Gasteiger partial charge in [0.05, 0.1) is 19.2 Å². The molecular formula is C25H35N3O4. The number of amides is 2. The Labute approximate surface area is 191 Å². The van der Waals surface area contributed by atoms with Crippen LogP contribution < -0.4 is 4.74 Å². The zero-order valence-electron chi connectivity index (χ0n) is 19.6. The minimum atomic E-state index is -0.348. The van der Waals surface area contributed by atoms with Crippen LogP contribution in [0.1, 0.15) is 68.8 Å². The molecule has 32 heavy (non-hydrogen) atoms. The van der Waals surface area contributed by atoms with Crippen LogP contribution in [0.5, 0.6) is 5.88 Å². The van der Waals surface area contributed by atoms with Crippen molar-refractivity contribution < 1.29 is 19.4 Å². The highest BCUT2D eigenvalue weighted by molar-refractivity contribution is 5.97. The van der Waals surface area contributed by atoms with Gasteiger partial charge in [-0.05, 0) is 31.7 Å². The molecule has 0 bridgehead atoms. The van der Waals surface area contributed by atoms with Gasteiger partial charge in [-0.1, -0.05) is 31.6 Å². The fraction of sp³-hybridized carbons (Fsp3) is 0.640. The average Bonchev–Trinajstić information content (AvgIpc) is 3.29. The first-order valence-electron chi connectivity index (χ1n) is 11.6. The summed E-state index contributed by atoms with van der Waals surface area (Å²) in [6.07, 6.45) is 7.23. The molecule has 174 valence electrons. The molecule has 0 spiro atoms. The van der Waals surface area contributed by atoms with Gasteiger partial charge in [0.2, 0.25) is 11.8 Å². The van der Waals surface area contributed by atoms with Crippen molar-refractivity contribution in [3.63, 3.8) is 0 Å². The van der Waals surface area contributed by atoms with Crippen molar-refractivity contribution in [3.05, 3.63) is 23.4 Å². The van der Waals surface area contributed by atoms with Crippen LogP contribution in [0.25, 0.3) is 0 Å². The number of aliphatic hydroxyl groups excluding tert-OH is 1. The molecule has 1 aliphatic heterocycles. The highest BCUT2D eigenvalue weighted by Gasteiger charge is 2.34. The molecule has 1 saturated carbocycles. The number of likely N-dealkylation sites (N-methyl/N-ethyl adjacent to an activating group) is 1. The summed E-state index contributed by atoms with van der Waals surface area (Å²) in [4.78, 5) is 32.9. The summed E-state index contributed by atoms with van der Waals surface area (Å²) in [6, 6.07) is 1.39. The maximum Gasteiger partial charge on any atom is 0.259 e. The van der Waals surface area contributed by atoms with Gasteiger partial charge in [-0.25, -0.2) is 4.98 Å². The molecular weight excluding hydrogens is 406 g/mol. The highest BCUT2D eigenvalue weighted by Crippen LogP contribution is 2.28. The quantitative estimate of drug-likeness (QED) is 0.711. The average molecular weight is 442 g/mol. The number of aliphatic hydroxyl groups is 1. The molecule has 0 radical (unpaired) electrons. The van der Waals surface area contributed by atoms with Gasteiger partial charge in [0.25, 0.3) is 5.91 Å². The summed E-state index contributed by atoms with van der Waals surface area (Å²) in [5.74, 6) is 7.00. The van der Waals surface area contributed by atoms with E-state index < -0.39 is 0 Å². The lowest BCUT2D eigenvalue weighted by Gasteiger charge is -2.37. The number of hydrogen-bond acceptors (Lipinski definition) is 5. The van der Waals surface area contributed by atoms with Crippen LogP contribution in [0.2, 0.25) is 0 Å². The molecule has 1 aromatic heterocycles. The van der Waals surface area contributed by atoms with Crippen LogP contribution >= 0.6 is 0 Å². The summed E-state index contributed by atoms with van der Waals surface area (Å²) in [5, 5.41) is 9.74. The first-order valence-corrected chi connectivity index (χ1v) is 11.6. The summed E-state index contributed by atoms with van der Waals surface area (Å²) in [7, 11) is 1.73. The highest BCUT2D eigenvalue weighted by atomic mass is 16.5. The second kappa shape index (κ2) is 10.8. The largest absolute Gasteiger partial charge is 0.472 e. The van der Waals surface area contributed by atoms with Crippen LogP contribution in [0.3, 0.4) is 0 Å². The Morgan fingerprint density at radius 1 is 1.41 bits per heavy atom. The van der Waals surface area contributed by atoms with Crippen LogP contribution in [-0.2, 0) is 4.79 Å². The molecule has 2 amide bonds. The standard InChI is InChI=1S/C25H35N3O4/c1-17-14-28(18(2)16-29)25(31)22-12-21(11-7-10-20-8-5-6-9-20)13-26-24(22)32-23(17)15-27(4)19(3)30/h12-13,17-18,20,23,29H,5-6,8-10,14-16H2,1-4H3/t17-,18+,23+/m0/s1. The summed E-state index contributed by atoms with van der Waals surface area (Å²) in [5.41, 5.74) is 1.03. The van der Waals surface area contributed by atoms with Gasteiger partial charge >= 0.3 is 0 Å². The van der Waals surface area contributed by atoms with Crippen LogP contribution in [0.4, 0.5) is 0 Å². The van der Waals surface area contributed by atoms with E-state index in [1.807, 2.05) is 13.8 Å². The number of nitrogens with zero attached hydrogens (tertiary/aromatic N) is 3. The van der Waals surface area contributed by atoms with Crippen LogP contribution in [0.15, 0.2) is 12.3 Å². The van der Waals surface area contributed by atoms with Gasteiger partial charge in [-0.2, -0.15) is 0 Å². The molecule has 0 unspecified atom stereocenters. The Balaban J connectivity index is 1.91. The van der Waals surface area contributed by atoms with Gasteiger partial charge in [-0.15, -0.1) is 0 Å². The molecule has 1 fully saturated rings. The van der Waals surface area contributed by atoms with E-state index in [1.54, 1.807) is 29.1 Å². The van der Waals surface area contributed by atoms with E-state index >= 15 is 0 Å². The van der Waals surface area contributed by atoms with Gasteiger partial charge in [0.15, 0.2) is 0 Å². The minimum absolute atomic E-state index is 0.0550. The topological polar surface area (TPSA) is 83.0 Å². The van der Waals surface area contributed by atoms with E-state index in [4.69, 9.17) is 4.74 Å². The van der Waals surface area contributed by atoms with Crippen molar-refractivity contribution in [3.8, 4) is 17.7 Å². The first-order chi connectivity index (χ1) is 15.3. The van der Waals surface area contributed by atoms with Gasteiger partial charge in [-0.3, -0.25) is 9.59 Å². The third-order valence-electron chi connectivity index (χ3n) is 6.61. The van der Waals surface area contributed by atoms with E-state index in [9.17, 15) is 14.7 Å². The predicted molar refractivity (Wildman–Crippen MR) is 122 cm³/mol. The number of ether oxygens (including phenoxy) is 1. The lowest BCUT2D eigenvalue weighted by atomic mass is 10.00. The Morgan fingerprint density at radius 3 is 2.78 bits per heavy atom. The zero-order valence-corrected chi connectivity index (χ0v) is 19.6. The number of aromatic nitrogens is 1. The Hall–Kier alpha value is -2.59. The van der Waals surface area contributed by atoms with E-state index in [0.717, 1.165) is 6.42 Å². The lowest BCUT2D eigenvalue weighted by molar-refractivity contribution is -0.129. The van der Waals surface area contributed by atoms with Crippen LogP contribution in [-0.4, -0.2) is 70.6 Å². The van der Waals surface area contributed by atoms with E-state index in [0.29, 0.717) is 30.1 Å². The smallest absolute Gasteiger partial charge is 0.259 e. The second-order valence-corrected chi connectivity index (χ2v) is 9.26. The summed E-state index contributed by atoms with van der Waals surface area (Å²) < 4.78 is 6.18. The molecule has 3 atom stereocenters. The Bertz CT molecular complexity index is 885. The van der Waals surface area contributed by atoms with Crippen molar-refractivity contribution in [1.29, 1.82) is 0 Å².